The Morgan fingerprint density at radius 3 is 2.65 bits per heavy atom. The monoisotopic (exact) mass is 305 g/mol. The average molecular weight is 305 g/mol. The maximum Gasteiger partial charge on any atom is 0.271 e. The Morgan fingerprint density at radius 1 is 1.04 bits per heavy atom. The van der Waals surface area contributed by atoms with Gasteiger partial charge in [0, 0.05) is 17.7 Å². The topological polar surface area (TPSA) is 81.2 Å². The van der Waals surface area contributed by atoms with Crippen LogP contribution in [0.1, 0.15) is 0 Å². The van der Waals surface area contributed by atoms with Crippen LogP contribution in [0, 0.1) is 10.1 Å². The first kappa shape index (κ1) is 13.3. The van der Waals surface area contributed by atoms with Crippen molar-refractivity contribution in [1.82, 2.24) is 9.71 Å². The summed E-state index contributed by atoms with van der Waals surface area (Å²) in [4.78, 5) is 14.8. The number of hydrogen-bond acceptors (Lipinski definition) is 4. The Balaban J connectivity index is 2.01. The van der Waals surface area contributed by atoms with Crippen LogP contribution in [0.25, 0.3) is 33.2 Å². The van der Waals surface area contributed by atoms with Gasteiger partial charge in [-0.3, -0.25) is 10.1 Å². The molecule has 0 unspecified atom stereocenters. The van der Waals surface area contributed by atoms with Gasteiger partial charge in [0.15, 0.2) is 5.82 Å². The SMILES string of the molecule is O=[N+]([O-])c1ccc2nc(-c3cccc4ccccc34)n(O)c2c1. The number of nitrogens with zero attached hydrogens (tertiary/aromatic N) is 3. The highest BCUT2D eigenvalue weighted by Crippen LogP contribution is 2.31. The van der Waals surface area contributed by atoms with E-state index in [2.05, 4.69) is 4.98 Å². The maximum atomic E-state index is 10.9. The van der Waals surface area contributed by atoms with E-state index >= 15 is 0 Å². The molecule has 0 saturated carbocycles. The van der Waals surface area contributed by atoms with Crippen LogP contribution < -0.4 is 0 Å². The molecule has 0 radical (unpaired) electrons. The standard InChI is InChI=1S/C17H11N3O3/c21-19-16-10-12(20(22)23)8-9-15(16)18-17(19)14-7-3-5-11-4-1-2-6-13(11)14/h1-10,21H. The van der Waals surface area contributed by atoms with Gasteiger partial charge in [-0.1, -0.05) is 42.5 Å². The van der Waals surface area contributed by atoms with Crippen molar-refractivity contribution in [2.45, 2.75) is 0 Å². The van der Waals surface area contributed by atoms with Crippen LogP contribution >= 0.6 is 0 Å². The van der Waals surface area contributed by atoms with Crippen molar-refractivity contribution >= 4 is 27.5 Å². The number of rotatable bonds is 2. The van der Waals surface area contributed by atoms with E-state index in [-0.39, 0.29) is 5.69 Å². The minimum absolute atomic E-state index is 0.0860. The summed E-state index contributed by atoms with van der Waals surface area (Å²) in [7, 11) is 0. The molecule has 112 valence electrons. The predicted molar refractivity (Wildman–Crippen MR) is 86.5 cm³/mol. The van der Waals surface area contributed by atoms with Crippen LogP contribution in [0.4, 0.5) is 5.69 Å². The number of nitro benzene ring substituents is 1. The van der Waals surface area contributed by atoms with E-state index in [1.54, 1.807) is 0 Å². The lowest BCUT2D eigenvalue weighted by atomic mass is 10.0. The highest BCUT2D eigenvalue weighted by molar-refractivity contribution is 5.96. The van der Waals surface area contributed by atoms with Crippen LogP contribution in [0.2, 0.25) is 0 Å². The fourth-order valence-electron chi connectivity index (χ4n) is 2.76. The summed E-state index contributed by atoms with van der Waals surface area (Å²) in [5, 5.41) is 23.3. The molecule has 0 aliphatic rings. The lowest BCUT2D eigenvalue weighted by Crippen LogP contribution is -1.95. The molecule has 0 aliphatic heterocycles. The van der Waals surface area contributed by atoms with Crippen LogP contribution in [0.3, 0.4) is 0 Å². The molecule has 6 nitrogen and oxygen atoms in total. The van der Waals surface area contributed by atoms with Crippen molar-refractivity contribution in [3.63, 3.8) is 0 Å². The van der Waals surface area contributed by atoms with Gasteiger partial charge in [0.25, 0.3) is 5.69 Å². The maximum absolute atomic E-state index is 10.9. The van der Waals surface area contributed by atoms with Crippen LogP contribution in [0.15, 0.2) is 60.7 Å². The van der Waals surface area contributed by atoms with Gasteiger partial charge in [-0.2, -0.15) is 4.73 Å². The van der Waals surface area contributed by atoms with Crippen molar-refractivity contribution in [2.24, 2.45) is 0 Å². The van der Waals surface area contributed by atoms with Crippen LogP contribution in [0.5, 0.6) is 0 Å². The molecule has 0 fully saturated rings. The largest absolute Gasteiger partial charge is 0.426 e. The van der Waals surface area contributed by atoms with E-state index in [0.717, 1.165) is 21.1 Å². The number of hydrogen-bond donors (Lipinski definition) is 1. The second-order valence-electron chi connectivity index (χ2n) is 5.20. The number of benzene rings is 3. The Bertz CT molecular complexity index is 1060. The summed E-state index contributed by atoms with van der Waals surface area (Å²) in [5.41, 5.74) is 1.49. The van der Waals surface area contributed by atoms with Gasteiger partial charge in [0.05, 0.1) is 10.4 Å². The number of nitro groups is 1. The third-order valence-corrected chi connectivity index (χ3v) is 3.86. The fourth-order valence-corrected chi connectivity index (χ4v) is 2.76. The Hall–Kier alpha value is -3.41. The van der Waals surface area contributed by atoms with Crippen LogP contribution in [-0.4, -0.2) is 19.8 Å². The zero-order valence-electron chi connectivity index (χ0n) is 11.9. The highest BCUT2D eigenvalue weighted by atomic mass is 16.6. The van der Waals surface area contributed by atoms with Gasteiger partial charge in [0.1, 0.15) is 5.52 Å². The minimum atomic E-state index is -0.496. The first-order chi connectivity index (χ1) is 11.1. The van der Waals surface area contributed by atoms with Gasteiger partial charge in [-0.05, 0) is 16.8 Å². The Kier molecular flexibility index (Phi) is 2.77. The lowest BCUT2D eigenvalue weighted by molar-refractivity contribution is -0.384. The second-order valence-corrected chi connectivity index (χ2v) is 5.20. The molecule has 0 bridgehead atoms. The molecule has 0 amide bonds. The van der Waals surface area contributed by atoms with Crippen molar-refractivity contribution < 1.29 is 10.1 Å². The van der Waals surface area contributed by atoms with Gasteiger partial charge in [-0.15, -0.1) is 0 Å². The van der Waals surface area contributed by atoms with E-state index in [4.69, 9.17) is 0 Å². The third kappa shape index (κ3) is 2.00. The molecule has 0 spiro atoms. The normalized spacial score (nSPS) is 11.1. The molecule has 1 heterocycles. The molecule has 23 heavy (non-hydrogen) atoms. The minimum Gasteiger partial charge on any atom is -0.426 e. The number of non-ortho nitro benzene ring substituents is 1. The Morgan fingerprint density at radius 2 is 1.83 bits per heavy atom. The summed E-state index contributed by atoms with van der Waals surface area (Å²) in [6, 6.07) is 17.8. The second kappa shape index (κ2) is 4.81. The molecule has 4 rings (SSSR count). The summed E-state index contributed by atoms with van der Waals surface area (Å²) in [6.07, 6.45) is 0. The summed E-state index contributed by atoms with van der Waals surface area (Å²) >= 11 is 0. The van der Waals surface area contributed by atoms with E-state index in [9.17, 15) is 15.3 Å². The van der Waals surface area contributed by atoms with Crippen molar-refractivity contribution in [1.29, 1.82) is 0 Å². The van der Waals surface area contributed by atoms with Crippen LogP contribution in [-0.2, 0) is 0 Å². The van der Waals surface area contributed by atoms with Crippen molar-refractivity contribution in [3.05, 3.63) is 70.8 Å². The first-order valence-electron chi connectivity index (χ1n) is 6.99. The lowest BCUT2D eigenvalue weighted by Gasteiger charge is -2.05. The molecule has 0 saturated heterocycles. The quantitative estimate of drug-likeness (QED) is 0.345. The summed E-state index contributed by atoms with van der Waals surface area (Å²) in [6.45, 7) is 0. The van der Waals surface area contributed by atoms with Gasteiger partial charge < -0.3 is 5.21 Å². The highest BCUT2D eigenvalue weighted by Gasteiger charge is 2.17. The van der Waals surface area contributed by atoms with Gasteiger partial charge >= 0.3 is 0 Å². The van der Waals surface area contributed by atoms with Gasteiger partial charge in [-0.25, -0.2) is 4.98 Å². The predicted octanol–water partition coefficient (Wildman–Crippen LogP) is 4.00. The molecule has 0 aliphatic carbocycles. The molecular formula is C17H11N3O3. The summed E-state index contributed by atoms with van der Waals surface area (Å²) in [5.74, 6) is 0.359. The molecule has 1 aromatic heterocycles. The smallest absolute Gasteiger partial charge is 0.271 e. The van der Waals surface area contributed by atoms with Crippen molar-refractivity contribution in [2.75, 3.05) is 0 Å². The summed E-state index contributed by atoms with van der Waals surface area (Å²) < 4.78 is 0.907. The number of aromatic nitrogens is 2. The van der Waals surface area contributed by atoms with E-state index < -0.39 is 4.92 Å². The molecule has 3 aromatic carbocycles. The fraction of sp³-hybridized carbons (Fsp3) is 0. The Labute approximate surface area is 130 Å². The van der Waals surface area contributed by atoms with E-state index in [1.807, 2.05) is 42.5 Å². The first-order valence-corrected chi connectivity index (χ1v) is 6.99. The van der Waals surface area contributed by atoms with E-state index in [0.29, 0.717) is 16.9 Å². The third-order valence-electron chi connectivity index (χ3n) is 3.86. The molecule has 4 aromatic rings. The molecule has 6 heteroatoms. The van der Waals surface area contributed by atoms with E-state index in [1.165, 1.54) is 18.2 Å². The average Bonchev–Trinajstić information content (AvgIpc) is 2.90. The zero-order valence-corrected chi connectivity index (χ0v) is 11.9. The van der Waals surface area contributed by atoms with Gasteiger partial charge in [0.2, 0.25) is 0 Å². The molecular weight excluding hydrogens is 294 g/mol. The number of fused-ring (bicyclic) bond motifs is 2. The van der Waals surface area contributed by atoms with Crippen molar-refractivity contribution in [3.8, 4) is 11.4 Å². The number of imidazole rings is 1. The zero-order chi connectivity index (χ0) is 16.0. The molecule has 1 N–H and O–H groups in total. The molecule has 0 atom stereocenters.